The summed E-state index contributed by atoms with van der Waals surface area (Å²) in [5, 5.41) is 3.48. The molecule has 2 heteroatoms. The van der Waals surface area contributed by atoms with Gasteiger partial charge < -0.3 is 11.1 Å². The molecule has 0 saturated heterocycles. The van der Waals surface area contributed by atoms with Gasteiger partial charge in [0.05, 0.1) is 0 Å². The lowest BCUT2D eigenvalue weighted by Crippen LogP contribution is -2.28. The van der Waals surface area contributed by atoms with Crippen molar-refractivity contribution in [3.05, 3.63) is 29.3 Å². The van der Waals surface area contributed by atoms with Crippen LogP contribution in [-0.2, 0) is 6.54 Å². The molecule has 3 N–H and O–H groups in total. The van der Waals surface area contributed by atoms with Crippen molar-refractivity contribution in [2.24, 2.45) is 5.41 Å². The molecule has 16 heavy (non-hydrogen) atoms. The topological polar surface area (TPSA) is 38.0 Å². The molecule has 0 bridgehead atoms. The van der Waals surface area contributed by atoms with Crippen molar-refractivity contribution in [3.8, 4) is 0 Å². The molecule has 0 fully saturated rings. The zero-order valence-corrected chi connectivity index (χ0v) is 10.9. The number of benzene rings is 1. The van der Waals surface area contributed by atoms with Crippen LogP contribution in [0.15, 0.2) is 18.2 Å². The van der Waals surface area contributed by atoms with Crippen molar-refractivity contribution >= 4 is 5.69 Å². The van der Waals surface area contributed by atoms with E-state index in [4.69, 9.17) is 5.73 Å². The van der Waals surface area contributed by atoms with Gasteiger partial charge in [0.1, 0.15) is 0 Å². The summed E-state index contributed by atoms with van der Waals surface area (Å²) in [5.74, 6) is 0. The van der Waals surface area contributed by atoms with E-state index in [0.717, 1.165) is 24.3 Å². The Bertz CT molecular complexity index is 343. The first-order valence-electron chi connectivity index (χ1n) is 6.00. The predicted molar refractivity (Wildman–Crippen MR) is 71.4 cm³/mol. The van der Waals surface area contributed by atoms with E-state index in [-0.39, 0.29) is 0 Å². The maximum absolute atomic E-state index is 5.88. The standard InChI is InChI=1S/C14H24N2/c1-5-14(3,4)10-16-9-12-7-6-11(2)13(15)8-12/h6-8,16H,5,9-10,15H2,1-4H3. The Morgan fingerprint density at radius 2 is 2.00 bits per heavy atom. The molecule has 0 amide bonds. The van der Waals surface area contributed by atoms with Crippen molar-refractivity contribution in [2.45, 2.75) is 40.7 Å². The average Bonchev–Trinajstić information content (AvgIpc) is 2.23. The summed E-state index contributed by atoms with van der Waals surface area (Å²) in [6.45, 7) is 10.8. The minimum atomic E-state index is 0.371. The SMILES string of the molecule is CCC(C)(C)CNCc1ccc(C)c(N)c1. The fourth-order valence-electron chi connectivity index (χ4n) is 1.47. The summed E-state index contributed by atoms with van der Waals surface area (Å²) < 4.78 is 0. The monoisotopic (exact) mass is 220 g/mol. The van der Waals surface area contributed by atoms with Crippen molar-refractivity contribution in [2.75, 3.05) is 12.3 Å². The summed E-state index contributed by atoms with van der Waals surface area (Å²) in [5.41, 5.74) is 9.54. The maximum Gasteiger partial charge on any atom is 0.0346 e. The molecule has 0 spiro atoms. The van der Waals surface area contributed by atoms with Crippen LogP contribution in [0.1, 0.15) is 38.3 Å². The van der Waals surface area contributed by atoms with Crippen LogP contribution in [0.25, 0.3) is 0 Å². The molecular weight excluding hydrogens is 196 g/mol. The van der Waals surface area contributed by atoms with Crippen LogP contribution < -0.4 is 11.1 Å². The number of nitrogen functional groups attached to an aromatic ring is 1. The summed E-state index contributed by atoms with van der Waals surface area (Å²) in [4.78, 5) is 0. The highest BCUT2D eigenvalue weighted by Gasteiger charge is 2.13. The van der Waals surface area contributed by atoms with Gasteiger partial charge in [-0.05, 0) is 36.0 Å². The molecule has 0 aliphatic rings. The number of hydrogen-bond donors (Lipinski definition) is 2. The number of nitrogens with one attached hydrogen (secondary N) is 1. The van der Waals surface area contributed by atoms with Gasteiger partial charge in [0.25, 0.3) is 0 Å². The second-order valence-corrected chi connectivity index (χ2v) is 5.31. The van der Waals surface area contributed by atoms with Gasteiger partial charge in [-0.3, -0.25) is 0 Å². The molecule has 1 aromatic carbocycles. The predicted octanol–water partition coefficient (Wildman–Crippen LogP) is 3.10. The van der Waals surface area contributed by atoms with E-state index in [1.165, 1.54) is 12.0 Å². The molecule has 1 aromatic rings. The first-order chi connectivity index (χ1) is 7.44. The molecule has 0 aliphatic heterocycles. The van der Waals surface area contributed by atoms with Gasteiger partial charge >= 0.3 is 0 Å². The summed E-state index contributed by atoms with van der Waals surface area (Å²) >= 11 is 0. The number of hydrogen-bond acceptors (Lipinski definition) is 2. The third kappa shape index (κ3) is 3.86. The molecule has 1 rings (SSSR count). The third-order valence-electron chi connectivity index (χ3n) is 3.23. The van der Waals surface area contributed by atoms with Crippen LogP contribution in [0.2, 0.25) is 0 Å². The molecular formula is C14H24N2. The van der Waals surface area contributed by atoms with Crippen LogP contribution in [-0.4, -0.2) is 6.54 Å². The number of aryl methyl sites for hydroxylation is 1. The first kappa shape index (κ1) is 13.0. The van der Waals surface area contributed by atoms with Gasteiger partial charge in [-0.2, -0.15) is 0 Å². The molecule has 2 nitrogen and oxygen atoms in total. The molecule has 0 heterocycles. The van der Waals surface area contributed by atoms with Gasteiger partial charge in [-0.15, -0.1) is 0 Å². The number of anilines is 1. The zero-order valence-electron chi connectivity index (χ0n) is 10.9. The fraction of sp³-hybridized carbons (Fsp3) is 0.571. The van der Waals surface area contributed by atoms with Crippen molar-refractivity contribution < 1.29 is 0 Å². The van der Waals surface area contributed by atoms with Crippen molar-refractivity contribution in [3.63, 3.8) is 0 Å². The first-order valence-corrected chi connectivity index (χ1v) is 6.00. The van der Waals surface area contributed by atoms with E-state index >= 15 is 0 Å². The maximum atomic E-state index is 5.88. The Hall–Kier alpha value is -1.02. The highest BCUT2D eigenvalue weighted by molar-refractivity contribution is 5.48. The lowest BCUT2D eigenvalue weighted by molar-refractivity contribution is 0.327. The Morgan fingerprint density at radius 3 is 2.56 bits per heavy atom. The molecule has 90 valence electrons. The quantitative estimate of drug-likeness (QED) is 0.748. The van der Waals surface area contributed by atoms with Crippen LogP contribution in [0.4, 0.5) is 5.69 Å². The van der Waals surface area contributed by atoms with Crippen molar-refractivity contribution in [1.82, 2.24) is 5.32 Å². The lowest BCUT2D eigenvalue weighted by Gasteiger charge is -2.23. The van der Waals surface area contributed by atoms with Gasteiger partial charge in [0.15, 0.2) is 0 Å². The Balaban J connectivity index is 2.46. The summed E-state index contributed by atoms with van der Waals surface area (Å²) in [6.07, 6.45) is 1.19. The number of rotatable bonds is 5. The van der Waals surface area contributed by atoms with E-state index < -0.39 is 0 Å². The van der Waals surface area contributed by atoms with Gasteiger partial charge in [0, 0.05) is 18.8 Å². The minimum Gasteiger partial charge on any atom is -0.399 e. The van der Waals surface area contributed by atoms with E-state index in [2.05, 4.69) is 44.3 Å². The summed E-state index contributed by atoms with van der Waals surface area (Å²) in [7, 11) is 0. The highest BCUT2D eigenvalue weighted by Crippen LogP contribution is 2.18. The van der Waals surface area contributed by atoms with Crippen LogP contribution in [0.5, 0.6) is 0 Å². The summed E-state index contributed by atoms with van der Waals surface area (Å²) in [6, 6.07) is 6.27. The normalized spacial score (nSPS) is 11.8. The van der Waals surface area contributed by atoms with E-state index in [1.54, 1.807) is 0 Å². The highest BCUT2D eigenvalue weighted by atomic mass is 14.9. The Labute approximate surface area is 99.2 Å². The second kappa shape index (κ2) is 5.35. The van der Waals surface area contributed by atoms with E-state index in [1.807, 2.05) is 6.92 Å². The molecule has 0 aliphatic carbocycles. The van der Waals surface area contributed by atoms with Gasteiger partial charge in [-0.25, -0.2) is 0 Å². The molecule has 0 saturated carbocycles. The molecule has 0 aromatic heterocycles. The second-order valence-electron chi connectivity index (χ2n) is 5.31. The lowest BCUT2D eigenvalue weighted by atomic mass is 9.90. The van der Waals surface area contributed by atoms with E-state index in [0.29, 0.717) is 5.41 Å². The fourth-order valence-corrected chi connectivity index (χ4v) is 1.47. The third-order valence-corrected chi connectivity index (χ3v) is 3.23. The molecule has 0 radical (unpaired) electrons. The Morgan fingerprint density at radius 1 is 1.31 bits per heavy atom. The van der Waals surface area contributed by atoms with Crippen LogP contribution in [0.3, 0.4) is 0 Å². The minimum absolute atomic E-state index is 0.371. The smallest absolute Gasteiger partial charge is 0.0346 e. The zero-order chi connectivity index (χ0) is 12.2. The molecule has 0 atom stereocenters. The van der Waals surface area contributed by atoms with Crippen LogP contribution in [0, 0.1) is 12.3 Å². The van der Waals surface area contributed by atoms with E-state index in [9.17, 15) is 0 Å². The van der Waals surface area contributed by atoms with Crippen LogP contribution >= 0.6 is 0 Å². The number of nitrogens with two attached hydrogens (primary N) is 1. The van der Waals surface area contributed by atoms with Gasteiger partial charge in [-0.1, -0.05) is 32.9 Å². The largest absolute Gasteiger partial charge is 0.399 e. The van der Waals surface area contributed by atoms with Gasteiger partial charge in [0.2, 0.25) is 0 Å². The Kier molecular flexibility index (Phi) is 4.36. The average molecular weight is 220 g/mol. The molecule has 0 unspecified atom stereocenters. The van der Waals surface area contributed by atoms with Crippen molar-refractivity contribution in [1.29, 1.82) is 0 Å².